The Morgan fingerprint density at radius 2 is 0.304 bits per heavy atom. The maximum Gasteiger partial charge on any atom is 0.373 e. The second-order valence-electron chi connectivity index (χ2n) is 0.500. The third-order valence-electron chi connectivity index (χ3n) is 0. The zero-order chi connectivity index (χ0) is 16.2. The first-order valence-electron chi connectivity index (χ1n) is 2.45. The summed E-state index contributed by atoms with van der Waals surface area (Å²) in [7, 11) is 0. The average Bonchev–Trinajstić information content (AvgIpc) is 2.23. The standard InChI is InChI=1S/6CO2.Fe.3H3N.H2O/c6*2-1-3;;;;;/h;;;;;;;3*1H3;1H2/p+3. The van der Waals surface area contributed by atoms with Crippen LogP contribution < -0.4 is 18.5 Å². The average molecular weight is 392 g/mol. The van der Waals surface area contributed by atoms with Gasteiger partial charge in [0.25, 0.3) is 0 Å². The molecule has 14 N–H and O–H groups in total. The maximum atomic E-state index is 8.12. The Bertz CT molecular complexity index is 255. The second-order valence-corrected chi connectivity index (χ2v) is 0.500. The normalized spacial score (nSPS) is 2.09. The van der Waals surface area contributed by atoms with E-state index in [4.69, 9.17) is 57.5 Å². The van der Waals surface area contributed by atoms with Gasteiger partial charge in [-0.05, 0) is 0 Å². The van der Waals surface area contributed by atoms with Crippen LogP contribution in [-0.4, -0.2) is 42.4 Å². The summed E-state index contributed by atoms with van der Waals surface area (Å²) in [6.07, 6.45) is 1.50. The number of hydrogen-bond donors (Lipinski definition) is 3. The van der Waals surface area contributed by atoms with Crippen LogP contribution in [0.4, 0.5) is 0 Å². The maximum absolute atomic E-state index is 8.12. The fourth-order valence-electron chi connectivity index (χ4n) is 0. The van der Waals surface area contributed by atoms with Crippen molar-refractivity contribution < 1.29 is 80.1 Å². The SMILES string of the molecule is O.O=C=O.O=C=O.O=C=O.O=C=O.O=C=O.O=C=O.[Fe].[NH4+].[NH4+].[NH4+]. The molecule has 136 valence electrons. The molecule has 0 rings (SSSR count). The van der Waals surface area contributed by atoms with E-state index in [1.54, 1.807) is 0 Å². The summed E-state index contributed by atoms with van der Waals surface area (Å²) >= 11 is 0. The van der Waals surface area contributed by atoms with Crippen LogP contribution in [0.25, 0.3) is 0 Å². The van der Waals surface area contributed by atoms with Crippen molar-refractivity contribution in [1.82, 2.24) is 18.5 Å². The van der Waals surface area contributed by atoms with Gasteiger partial charge in [-0.3, -0.25) is 0 Å². The van der Waals surface area contributed by atoms with E-state index >= 15 is 0 Å². The van der Waals surface area contributed by atoms with Crippen molar-refractivity contribution in [3.63, 3.8) is 0 Å². The minimum absolute atomic E-state index is 0. The topological polar surface area (TPSA) is 346 Å². The van der Waals surface area contributed by atoms with Crippen molar-refractivity contribution in [2.45, 2.75) is 0 Å². The van der Waals surface area contributed by atoms with Crippen molar-refractivity contribution in [2.75, 3.05) is 0 Å². The van der Waals surface area contributed by atoms with Crippen LogP contribution in [0.2, 0.25) is 0 Å². The molecule has 17 heteroatoms. The summed E-state index contributed by atoms with van der Waals surface area (Å²) < 4.78 is 0. The molecule has 0 fully saturated rings. The third-order valence-corrected chi connectivity index (χ3v) is 0. The Hall–Kier alpha value is -3.36. The van der Waals surface area contributed by atoms with Crippen molar-refractivity contribution in [3.05, 3.63) is 0 Å². The minimum Gasteiger partial charge on any atom is -0.412 e. The Labute approximate surface area is 136 Å². The summed E-state index contributed by atoms with van der Waals surface area (Å²) in [5, 5.41) is 0. The second kappa shape index (κ2) is 832. The largest absolute Gasteiger partial charge is 0.412 e. The quantitative estimate of drug-likeness (QED) is 0.343. The molecular formula is C6H14FeN3O13+3. The van der Waals surface area contributed by atoms with Gasteiger partial charge in [-0.25, -0.2) is 0 Å². The smallest absolute Gasteiger partial charge is 0.373 e. The predicted octanol–water partition coefficient (Wildman–Crippen LogP) is -3.20. The van der Waals surface area contributed by atoms with Gasteiger partial charge in [-0.1, -0.05) is 0 Å². The van der Waals surface area contributed by atoms with Gasteiger partial charge < -0.3 is 23.9 Å². The molecule has 23 heavy (non-hydrogen) atoms. The zero-order valence-electron chi connectivity index (χ0n) is 11.8. The number of quaternary nitrogens is 3. The molecular weight excluding hydrogens is 378 g/mol. The first-order chi connectivity index (χ1) is 8.49. The van der Waals surface area contributed by atoms with Gasteiger partial charge in [0.1, 0.15) is 0 Å². The Morgan fingerprint density at radius 3 is 0.304 bits per heavy atom. The molecule has 0 spiro atoms. The Balaban J connectivity index is -0.00000000800. The fourth-order valence-corrected chi connectivity index (χ4v) is 0. The van der Waals surface area contributed by atoms with Crippen molar-refractivity contribution in [1.29, 1.82) is 0 Å². The van der Waals surface area contributed by atoms with Crippen molar-refractivity contribution >= 4 is 36.9 Å². The molecule has 0 aromatic rings. The molecule has 0 aromatic heterocycles. The molecule has 0 atom stereocenters. The molecule has 0 aromatic carbocycles. The van der Waals surface area contributed by atoms with Crippen LogP contribution in [0.15, 0.2) is 0 Å². The molecule has 0 heterocycles. The fraction of sp³-hybridized carbons (Fsp3) is 0. The van der Waals surface area contributed by atoms with Crippen LogP contribution in [0.1, 0.15) is 0 Å². The van der Waals surface area contributed by atoms with Crippen LogP contribution in [0, 0.1) is 0 Å². The first-order valence-corrected chi connectivity index (χ1v) is 2.45. The number of carbonyl (C=O) groups excluding carboxylic acids is 12. The molecule has 0 saturated heterocycles. The van der Waals surface area contributed by atoms with Gasteiger partial charge >= 0.3 is 36.9 Å². The molecule has 0 bridgehead atoms. The Kier molecular flexibility index (Phi) is 3310. The monoisotopic (exact) mass is 392 g/mol. The summed E-state index contributed by atoms with van der Waals surface area (Å²) in [5.41, 5.74) is 0. The van der Waals surface area contributed by atoms with Crippen molar-refractivity contribution in [3.8, 4) is 0 Å². The molecule has 0 saturated carbocycles. The number of hydrogen-bond acceptors (Lipinski definition) is 12. The molecule has 0 aliphatic rings. The number of rotatable bonds is 0. The summed E-state index contributed by atoms with van der Waals surface area (Å²) in [6, 6.07) is 0. The molecule has 0 aliphatic heterocycles. The summed E-state index contributed by atoms with van der Waals surface area (Å²) in [5.74, 6) is 0. The minimum atomic E-state index is 0. The molecule has 16 nitrogen and oxygen atoms in total. The van der Waals surface area contributed by atoms with E-state index in [-0.39, 0.29) is 77.9 Å². The molecule has 0 radical (unpaired) electrons. The van der Waals surface area contributed by atoms with Gasteiger partial charge in [-0.2, -0.15) is 57.5 Å². The first kappa shape index (κ1) is 91.4. The van der Waals surface area contributed by atoms with E-state index in [1.165, 1.54) is 0 Å². The predicted molar refractivity (Wildman–Crippen MR) is 51.6 cm³/mol. The summed E-state index contributed by atoms with van der Waals surface area (Å²) in [6.45, 7) is 0. The van der Waals surface area contributed by atoms with Gasteiger partial charge in [0.2, 0.25) is 0 Å². The van der Waals surface area contributed by atoms with E-state index in [0.717, 1.165) is 0 Å². The summed E-state index contributed by atoms with van der Waals surface area (Å²) in [4.78, 5) is 97.5. The van der Waals surface area contributed by atoms with Crippen LogP contribution in [0.5, 0.6) is 0 Å². The molecule has 0 aliphatic carbocycles. The van der Waals surface area contributed by atoms with Gasteiger partial charge in [0, 0.05) is 17.1 Å². The molecule has 0 amide bonds. The van der Waals surface area contributed by atoms with E-state index < -0.39 is 0 Å². The van der Waals surface area contributed by atoms with E-state index in [0.29, 0.717) is 0 Å². The Morgan fingerprint density at radius 1 is 0.304 bits per heavy atom. The van der Waals surface area contributed by atoms with E-state index in [9.17, 15) is 0 Å². The van der Waals surface area contributed by atoms with Crippen LogP contribution in [-0.2, 0) is 74.6 Å². The van der Waals surface area contributed by atoms with Crippen LogP contribution >= 0.6 is 0 Å². The van der Waals surface area contributed by atoms with Gasteiger partial charge in [-0.15, -0.1) is 0 Å². The van der Waals surface area contributed by atoms with E-state index in [1.807, 2.05) is 0 Å². The van der Waals surface area contributed by atoms with Gasteiger partial charge in [0.05, 0.1) is 0 Å². The third kappa shape index (κ3) is 457. The van der Waals surface area contributed by atoms with Crippen molar-refractivity contribution in [2.24, 2.45) is 0 Å². The van der Waals surface area contributed by atoms with Crippen LogP contribution in [0.3, 0.4) is 0 Å². The zero-order valence-corrected chi connectivity index (χ0v) is 12.9. The van der Waals surface area contributed by atoms with Gasteiger partial charge in [0.15, 0.2) is 0 Å². The molecule has 0 unspecified atom stereocenters. The van der Waals surface area contributed by atoms with E-state index in [2.05, 4.69) is 0 Å².